The molecule has 1 N–H and O–H groups in total. The molecule has 3 rings (SSSR count). The molecule has 3 heteroatoms. The van der Waals surface area contributed by atoms with Crippen LogP contribution >= 0.6 is 11.3 Å². The molecule has 1 heterocycles. The van der Waals surface area contributed by atoms with Crippen LogP contribution in [0.4, 0.5) is 0 Å². The number of carbonyl (C=O) groups is 1. The normalized spacial score (nSPS) is 13.6. The first-order valence-electron chi connectivity index (χ1n) is 8.49. The molecule has 0 saturated heterocycles. The van der Waals surface area contributed by atoms with Crippen LogP contribution in [0.5, 0.6) is 0 Å². The van der Waals surface area contributed by atoms with Crippen LogP contribution in [0.1, 0.15) is 37.3 Å². The summed E-state index contributed by atoms with van der Waals surface area (Å²) < 4.78 is 1.31. The fourth-order valence-electron chi connectivity index (χ4n) is 3.17. The second kappa shape index (κ2) is 7.63. The molecule has 0 aliphatic carbocycles. The number of carbonyl (C=O) groups excluding carboxylic acids is 1. The van der Waals surface area contributed by atoms with E-state index in [-0.39, 0.29) is 17.9 Å². The molecule has 0 fully saturated rings. The lowest BCUT2D eigenvalue weighted by Crippen LogP contribution is -2.37. The molecule has 3 aromatic rings. The standard InChI is InChI=1S/C21H23NOS/c1-3-18(16-9-5-4-6-10-16)21(23)22-15(2)13-17-14-24-20-12-8-7-11-19(17)20/h4-12,14-15,18H,3,13H2,1-2H3,(H,22,23). The summed E-state index contributed by atoms with van der Waals surface area (Å²) in [5, 5.41) is 6.71. The van der Waals surface area contributed by atoms with Crippen molar-refractivity contribution in [1.82, 2.24) is 5.32 Å². The van der Waals surface area contributed by atoms with Gasteiger partial charge in [-0.15, -0.1) is 11.3 Å². The van der Waals surface area contributed by atoms with Crippen LogP contribution in [0.15, 0.2) is 60.0 Å². The van der Waals surface area contributed by atoms with E-state index in [0.717, 1.165) is 18.4 Å². The average Bonchev–Trinajstić information content (AvgIpc) is 2.99. The first-order valence-corrected chi connectivity index (χ1v) is 9.37. The van der Waals surface area contributed by atoms with Crippen LogP contribution in [-0.2, 0) is 11.2 Å². The molecule has 24 heavy (non-hydrogen) atoms. The minimum Gasteiger partial charge on any atom is -0.353 e. The number of benzene rings is 2. The fraction of sp³-hybridized carbons (Fsp3) is 0.286. The first-order chi connectivity index (χ1) is 11.7. The summed E-state index contributed by atoms with van der Waals surface area (Å²) in [5.41, 5.74) is 2.40. The monoisotopic (exact) mass is 337 g/mol. The molecule has 2 atom stereocenters. The lowest BCUT2D eigenvalue weighted by atomic mass is 9.95. The van der Waals surface area contributed by atoms with Crippen molar-refractivity contribution in [3.05, 3.63) is 71.1 Å². The highest BCUT2D eigenvalue weighted by atomic mass is 32.1. The highest BCUT2D eigenvalue weighted by Crippen LogP contribution is 2.27. The molecule has 2 aromatic carbocycles. The van der Waals surface area contributed by atoms with Gasteiger partial charge in [-0.05, 0) is 47.7 Å². The summed E-state index contributed by atoms with van der Waals surface area (Å²) in [6, 6.07) is 18.6. The van der Waals surface area contributed by atoms with E-state index in [4.69, 9.17) is 0 Å². The fourth-order valence-corrected chi connectivity index (χ4v) is 4.15. The highest BCUT2D eigenvalue weighted by Gasteiger charge is 2.20. The molecular weight excluding hydrogens is 314 g/mol. The topological polar surface area (TPSA) is 29.1 Å². The number of nitrogens with one attached hydrogen (secondary N) is 1. The van der Waals surface area contributed by atoms with Gasteiger partial charge in [0.25, 0.3) is 0 Å². The van der Waals surface area contributed by atoms with Gasteiger partial charge in [-0.3, -0.25) is 4.79 Å². The van der Waals surface area contributed by atoms with Crippen LogP contribution in [0, 0.1) is 0 Å². The van der Waals surface area contributed by atoms with Gasteiger partial charge in [0.05, 0.1) is 5.92 Å². The van der Waals surface area contributed by atoms with Gasteiger partial charge in [0, 0.05) is 10.7 Å². The molecule has 0 aliphatic heterocycles. The average molecular weight is 337 g/mol. The molecule has 124 valence electrons. The predicted octanol–water partition coefficient (Wildman–Crippen LogP) is 5.14. The Labute approximate surface area is 147 Å². The zero-order valence-corrected chi connectivity index (χ0v) is 15.0. The van der Waals surface area contributed by atoms with E-state index >= 15 is 0 Å². The zero-order chi connectivity index (χ0) is 16.9. The summed E-state index contributed by atoms with van der Waals surface area (Å²) in [6.07, 6.45) is 1.67. The second-order valence-electron chi connectivity index (χ2n) is 6.24. The molecule has 0 radical (unpaired) electrons. The molecular formula is C21H23NOS. The smallest absolute Gasteiger partial charge is 0.227 e. The van der Waals surface area contributed by atoms with Crippen molar-refractivity contribution in [2.45, 2.75) is 38.6 Å². The molecule has 1 aromatic heterocycles. The van der Waals surface area contributed by atoms with Crippen molar-refractivity contribution in [2.24, 2.45) is 0 Å². The van der Waals surface area contributed by atoms with Gasteiger partial charge in [-0.25, -0.2) is 0 Å². The van der Waals surface area contributed by atoms with Crippen LogP contribution in [0.3, 0.4) is 0 Å². The molecule has 2 nitrogen and oxygen atoms in total. The molecule has 0 saturated carbocycles. The number of amides is 1. The number of rotatable bonds is 6. The van der Waals surface area contributed by atoms with E-state index in [9.17, 15) is 4.79 Å². The Kier molecular flexibility index (Phi) is 5.31. The second-order valence-corrected chi connectivity index (χ2v) is 7.15. The van der Waals surface area contributed by atoms with Crippen molar-refractivity contribution in [3.8, 4) is 0 Å². The van der Waals surface area contributed by atoms with E-state index < -0.39 is 0 Å². The van der Waals surface area contributed by atoms with Crippen molar-refractivity contribution >= 4 is 27.3 Å². The Morgan fingerprint density at radius 1 is 1.08 bits per heavy atom. The third-order valence-corrected chi connectivity index (χ3v) is 5.41. The van der Waals surface area contributed by atoms with Crippen LogP contribution in [-0.4, -0.2) is 11.9 Å². The summed E-state index contributed by atoms with van der Waals surface area (Å²) in [4.78, 5) is 12.7. The summed E-state index contributed by atoms with van der Waals surface area (Å²) in [5.74, 6) is 0.0450. The van der Waals surface area contributed by atoms with E-state index in [2.05, 4.69) is 48.8 Å². The Bertz CT molecular complexity index is 809. The van der Waals surface area contributed by atoms with Crippen molar-refractivity contribution in [1.29, 1.82) is 0 Å². The largest absolute Gasteiger partial charge is 0.353 e. The maximum Gasteiger partial charge on any atom is 0.227 e. The summed E-state index contributed by atoms with van der Waals surface area (Å²) >= 11 is 1.77. The quantitative estimate of drug-likeness (QED) is 0.663. The van der Waals surface area contributed by atoms with E-state index in [1.807, 2.05) is 30.3 Å². The van der Waals surface area contributed by atoms with Gasteiger partial charge in [0.2, 0.25) is 5.91 Å². The van der Waals surface area contributed by atoms with Crippen molar-refractivity contribution in [2.75, 3.05) is 0 Å². The Balaban J connectivity index is 1.67. The molecule has 2 unspecified atom stereocenters. The Morgan fingerprint density at radius 2 is 1.79 bits per heavy atom. The van der Waals surface area contributed by atoms with Gasteiger partial charge in [0.1, 0.15) is 0 Å². The van der Waals surface area contributed by atoms with Gasteiger partial charge >= 0.3 is 0 Å². The third-order valence-electron chi connectivity index (χ3n) is 4.40. The first kappa shape index (κ1) is 16.7. The Morgan fingerprint density at radius 3 is 2.54 bits per heavy atom. The Hall–Kier alpha value is -2.13. The number of hydrogen-bond acceptors (Lipinski definition) is 2. The summed E-state index contributed by atoms with van der Waals surface area (Å²) in [6.45, 7) is 4.15. The van der Waals surface area contributed by atoms with Crippen molar-refractivity contribution in [3.63, 3.8) is 0 Å². The van der Waals surface area contributed by atoms with Crippen LogP contribution in [0.25, 0.3) is 10.1 Å². The van der Waals surface area contributed by atoms with Crippen LogP contribution < -0.4 is 5.32 Å². The van der Waals surface area contributed by atoms with Crippen molar-refractivity contribution < 1.29 is 4.79 Å². The molecule has 0 bridgehead atoms. The van der Waals surface area contributed by atoms with Gasteiger partial charge in [-0.2, -0.15) is 0 Å². The van der Waals surface area contributed by atoms with Gasteiger partial charge in [0.15, 0.2) is 0 Å². The predicted molar refractivity (Wildman–Crippen MR) is 103 cm³/mol. The van der Waals surface area contributed by atoms with E-state index in [1.165, 1.54) is 15.6 Å². The maximum atomic E-state index is 12.7. The lowest BCUT2D eigenvalue weighted by molar-refractivity contribution is -0.123. The third kappa shape index (κ3) is 3.68. The lowest BCUT2D eigenvalue weighted by Gasteiger charge is -2.19. The minimum absolute atomic E-state index is 0.0760. The van der Waals surface area contributed by atoms with Crippen LogP contribution in [0.2, 0.25) is 0 Å². The number of fused-ring (bicyclic) bond motifs is 1. The highest BCUT2D eigenvalue weighted by molar-refractivity contribution is 7.17. The van der Waals surface area contributed by atoms with Gasteiger partial charge < -0.3 is 5.32 Å². The van der Waals surface area contributed by atoms with E-state index in [0.29, 0.717) is 0 Å². The summed E-state index contributed by atoms with van der Waals surface area (Å²) in [7, 11) is 0. The van der Waals surface area contributed by atoms with Gasteiger partial charge in [-0.1, -0.05) is 55.5 Å². The number of hydrogen-bond donors (Lipinski definition) is 1. The molecule has 1 amide bonds. The molecule has 0 aliphatic rings. The SMILES string of the molecule is CCC(C(=O)NC(C)Cc1csc2ccccc12)c1ccccc1. The molecule has 0 spiro atoms. The minimum atomic E-state index is -0.0760. The zero-order valence-electron chi connectivity index (χ0n) is 14.2. The van der Waals surface area contributed by atoms with E-state index in [1.54, 1.807) is 11.3 Å². The number of thiophene rings is 1. The maximum absolute atomic E-state index is 12.7.